The molecule has 134 valence electrons. The van der Waals surface area contributed by atoms with Crippen LogP contribution in [0.4, 0.5) is 5.82 Å². The van der Waals surface area contributed by atoms with E-state index < -0.39 is 0 Å². The van der Waals surface area contributed by atoms with Crippen molar-refractivity contribution in [3.8, 4) is 0 Å². The van der Waals surface area contributed by atoms with Crippen molar-refractivity contribution in [1.82, 2.24) is 14.5 Å². The van der Waals surface area contributed by atoms with E-state index in [1.165, 1.54) is 6.08 Å². The Kier molecular flexibility index (Phi) is 4.77. The molecule has 0 spiro atoms. The van der Waals surface area contributed by atoms with Crippen LogP contribution in [0, 0.1) is 0 Å². The van der Waals surface area contributed by atoms with Crippen molar-refractivity contribution in [2.75, 3.05) is 5.32 Å². The molecular formula is C21H17ClN4O. The number of imidazole rings is 1. The summed E-state index contributed by atoms with van der Waals surface area (Å²) in [6.45, 7) is 0.635. The Balaban J connectivity index is 1.38. The van der Waals surface area contributed by atoms with Crippen molar-refractivity contribution in [2.45, 2.75) is 6.54 Å². The highest BCUT2D eigenvalue weighted by Gasteiger charge is 2.03. The highest BCUT2D eigenvalue weighted by Crippen LogP contribution is 2.16. The number of nitrogens with one attached hydrogen (secondary N) is 2. The van der Waals surface area contributed by atoms with E-state index in [-0.39, 0.29) is 5.91 Å². The van der Waals surface area contributed by atoms with E-state index in [0.717, 1.165) is 22.0 Å². The SMILES string of the molecule is O=C(/C=C/c1ccc2[nH]ccc2c1)Nc1cn(Cc2cccc(Cl)c2)cn1. The normalized spacial score (nSPS) is 11.3. The maximum atomic E-state index is 12.1. The van der Waals surface area contributed by atoms with E-state index in [1.807, 2.05) is 59.3 Å². The number of halogens is 1. The first-order chi connectivity index (χ1) is 13.2. The topological polar surface area (TPSA) is 62.7 Å². The van der Waals surface area contributed by atoms with Crippen LogP contribution in [0.5, 0.6) is 0 Å². The molecule has 0 saturated carbocycles. The number of nitrogens with zero attached hydrogens (tertiary/aromatic N) is 2. The van der Waals surface area contributed by atoms with Crippen molar-refractivity contribution in [1.29, 1.82) is 0 Å². The Labute approximate surface area is 161 Å². The first-order valence-electron chi connectivity index (χ1n) is 8.48. The third-order valence-corrected chi connectivity index (χ3v) is 4.38. The number of aromatic nitrogens is 3. The van der Waals surface area contributed by atoms with Crippen molar-refractivity contribution >= 4 is 40.3 Å². The fourth-order valence-corrected chi connectivity index (χ4v) is 3.09. The molecule has 4 aromatic rings. The van der Waals surface area contributed by atoms with Crippen LogP contribution in [-0.2, 0) is 11.3 Å². The van der Waals surface area contributed by atoms with Crippen LogP contribution in [0.2, 0.25) is 5.02 Å². The van der Waals surface area contributed by atoms with Gasteiger partial charge in [-0.2, -0.15) is 0 Å². The summed E-state index contributed by atoms with van der Waals surface area (Å²) in [5.74, 6) is 0.282. The number of hydrogen-bond donors (Lipinski definition) is 2. The van der Waals surface area contributed by atoms with Gasteiger partial charge in [0.05, 0.1) is 6.33 Å². The molecule has 0 aliphatic rings. The molecule has 0 aliphatic carbocycles. The number of benzene rings is 2. The molecule has 2 aromatic carbocycles. The number of carbonyl (C=O) groups is 1. The van der Waals surface area contributed by atoms with Crippen molar-refractivity contribution < 1.29 is 4.79 Å². The summed E-state index contributed by atoms with van der Waals surface area (Å²) in [7, 11) is 0. The van der Waals surface area contributed by atoms with E-state index in [1.54, 1.807) is 18.6 Å². The largest absolute Gasteiger partial charge is 0.361 e. The van der Waals surface area contributed by atoms with Gasteiger partial charge in [-0.3, -0.25) is 4.79 Å². The van der Waals surface area contributed by atoms with E-state index in [0.29, 0.717) is 17.4 Å². The second-order valence-electron chi connectivity index (χ2n) is 6.21. The van der Waals surface area contributed by atoms with Gasteiger partial charge < -0.3 is 14.9 Å². The lowest BCUT2D eigenvalue weighted by Gasteiger charge is -2.02. The first-order valence-corrected chi connectivity index (χ1v) is 8.86. The number of rotatable bonds is 5. The summed E-state index contributed by atoms with van der Waals surface area (Å²) in [4.78, 5) is 19.5. The van der Waals surface area contributed by atoms with Gasteiger partial charge >= 0.3 is 0 Å². The molecule has 1 amide bonds. The predicted molar refractivity (Wildman–Crippen MR) is 109 cm³/mol. The molecule has 2 heterocycles. The lowest BCUT2D eigenvalue weighted by atomic mass is 10.1. The minimum atomic E-state index is -0.225. The van der Waals surface area contributed by atoms with Gasteiger partial charge in [-0.25, -0.2) is 4.98 Å². The molecule has 2 aromatic heterocycles. The summed E-state index contributed by atoms with van der Waals surface area (Å²) in [5, 5.41) is 4.58. The van der Waals surface area contributed by atoms with Crippen LogP contribution in [-0.4, -0.2) is 20.4 Å². The summed E-state index contributed by atoms with van der Waals surface area (Å²) in [6.07, 6.45) is 8.65. The maximum absolute atomic E-state index is 12.1. The third kappa shape index (κ3) is 4.27. The average Bonchev–Trinajstić information content (AvgIpc) is 3.29. The number of amides is 1. The molecule has 27 heavy (non-hydrogen) atoms. The molecule has 5 nitrogen and oxygen atoms in total. The van der Waals surface area contributed by atoms with Gasteiger partial charge in [-0.05, 0) is 52.9 Å². The summed E-state index contributed by atoms with van der Waals surface area (Å²) < 4.78 is 1.89. The van der Waals surface area contributed by atoms with Crippen LogP contribution in [0.15, 0.2) is 73.3 Å². The van der Waals surface area contributed by atoms with Gasteiger partial charge in [0.1, 0.15) is 0 Å². The number of H-pyrrole nitrogens is 1. The van der Waals surface area contributed by atoms with Crippen LogP contribution in [0.3, 0.4) is 0 Å². The molecule has 0 radical (unpaired) electrons. The van der Waals surface area contributed by atoms with Crippen molar-refractivity contribution in [2.24, 2.45) is 0 Å². The lowest BCUT2D eigenvalue weighted by Crippen LogP contribution is -2.08. The Morgan fingerprint density at radius 2 is 2.15 bits per heavy atom. The van der Waals surface area contributed by atoms with Gasteiger partial charge in [0.15, 0.2) is 5.82 Å². The van der Waals surface area contributed by atoms with Gasteiger partial charge in [-0.15, -0.1) is 0 Å². The Hall–Kier alpha value is -3.31. The molecular weight excluding hydrogens is 360 g/mol. The highest BCUT2D eigenvalue weighted by molar-refractivity contribution is 6.30. The Morgan fingerprint density at radius 1 is 1.22 bits per heavy atom. The van der Waals surface area contributed by atoms with Gasteiger partial charge in [0, 0.05) is 35.6 Å². The van der Waals surface area contributed by atoms with Crippen LogP contribution >= 0.6 is 11.6 Å². The molecule has 0 aliphatic heterocycles. The molecule has 0 fully saturated rings. The molecule has 2 N–H and O–H groups in total. The maximum Gasteiger partial charge on any atom is 0.249 e. The van der Waals surface area contributed by atoms with Crippen molar-refractivity contribution in [3.63, 3.8) is 0 Å². The number of hydrogen-bond acceptors (Lipinski definition) is 2. The zero-order valence-corrected chi connectivity index (χ0v) is 15.1. The van der Waals surface area contributed by atoms with Gasteiger partial charge in [0.25, 0.3) is 0 Å². The van der Waals surface area contributed by atoms with E-state index in [4.69, 9.17) is 11.6 Å². The molecule has 0 bridgehead atoms. The lowest BCUT2D eigenvalue weighted by molar-refractivity contribution is -0.111. The molecule has 0 saturated heterocycles. The quantitative estimate of drug-likeness (QED) is 0.495. The van der Waals surface area contributed by atoms with E-state index >= 15 is 0 Å². The standard InChI is InChI=1S/C21H17ClN4O/c22-18-3-1-2-16(11-18)12-26-13-20(24-14-26)25-21(27)7-5-15-4-6-19-17(10-15)8-9-23-19/h1-11,13-14,23H,12H2,(H,25,27)/b7-5+. The minimum absolute atomic E-state index is 0.225. The van der Waals surface area contributed by atoms with E-state index in [9.17, 15) is 4.79 Å². The fraction of sp³-hybridized carbons (Fsp3) is 0.0476. The Morgan fingerprint density at radius 3 is 3.04 bits per heavy atom. The van der Waals surface area contributed by atoms with E-state index in [2.05, 4.69) is 15.3 Å². The van der Waals surface area contributed by atoms with Crippen LogP contribution in [0.25, 0.3) is 17.0 Å². The molecule has 0 atom stereocenters. The zero-order chi connectivity index (χ0) is 18.6. The Bertz CT molecular complexity index is 1130. The monoisotopic (exact) mass is 376 g/mol. The summed E-state index contributed by atoms with van der Waals surface area (Å²) >= 11 is 6.00. The summed E-state index contributed by atoms with van der Waals surface area (Å²) in [5.41, 5.74) is 3.10. The second kappa shape index (κ2) is 7.51. The first kappa shape index (κ1) is 17.1. The number of aromatic amines is 1. The van der Waals surface area contributed by atoms with Gasteiger partial charge in [-0.1, -0.05) is 29.8 Å². The third-order valence-electron chi connectivity index (χ3n) is 4.14. The molecule has 0 unspecified atom stereocenters. The second-order valence-corrected chi connectivity index (χ2v) is 6.64. The predicted octanol–water partition coefficient (Wildman–Crippen LogP) is 4.72. The molecule has 6 heteroatoms. The number of anilines is 1. The zero-order valence-electron chi connectivity index (χ0n) is 14.4. The average molecular weight is 377 g/mol. The highest BCUT2D eigenvalue weighted by atomic mass is 35.5. The van der Waals surface area contributed by atoms with Crippen LogP contribution < -0.4 is 5.32 Å². The van der Waals surface area contributed by atoms with Crippen LogP contribution in [0.1, 0.15) is 11.1 Å². The summed E-state index contributed by atoms with van der Waals surface area (Å²) in [6, 6.07) is 15.6. The molecule has 4 rings (SSSR count). The van der Waals surface area contributed by atoms with Crippen molar-refractivity contribution in [3.05, 3.63) is 89.5 Å². The number of fused-ring (bicyclic) bond motifs is 1. The fourth-order valence-electron chi connectivity index (χ4n) is 2.87. The smallest absolute Gasteiger partial charge is 0.249 e. The minimum Gasteiger partial charge on any atom is -0.361 e. The van der Waals surface area contributed by atoms with Gasteiger partial charge in [0.2, 0.25) is 5.91 Å². The number of carbonyl (C=O) groups excluding carboxylic acids is 1.